The van der Waals surface area contributed by atoms with Gasteiger partial charge in [0.05, 0.1) is 16.6 Å². The number of amides is 1. The maximum atomic E-state index is 13.0. The molecule has 1 aliphatic carbocycles. The van der Waals surface area contributed by atoms with Gasteiger partial charge >= 0.3 is 0 Å². The van der Waals surface area contributed by atoms with E-state index in [4.69, 9.17) is 0 Å². The van der Waals surface area contributed by atoms with Crippen LogP contribution in [-0.2, 0) is 14.8 Å². The van der Waals surface area contributed by atoms with Gasteiger partial charge in [-0.05, 0) is 61.9 Å². The van der Waals surface area contributed by atoms with Gasteiger partial charge in [-0.1, -0.05) is 24.3 Å². The van der Waals surface area contributed by atoms with Crippen LogP contribution in [0.1, 0.15) is 25.7 Å². The summed E-state index contributed by atoms with van der Waals surface area (Å²) in [5.41, 5.74) is 1.07. The second-order valence-corrected chi connectivity index (χ2v) is 9.53. The molecule has 1 amide bonds. The topological polar surface area (TPSA) is 78.5 Å². The molecule has 7 heteroatoms. The second kappa shape index (κ2) is 7.56. The van der Waals surface area contributed by atoms with E-state index in [1.807, 2.05) is 6.07 Å². The lowest BCUT2D eigenvalue weighted by Crippen LogP contribution is -2.39. The third-order valence-electron chi connectivity index (χ3n) is 5.57. The lowest BCUT2D eigenvalue weighted by Gasteiger charge is -2.20. The number of hydrogen-bond donors (Lipinski definition) is 2. The molecular weight excluding hydrogens is 374 g/mol. The molecule has 4 rings (SSSR count). The van der Waals surface area contributed by atoms with Crippen molar-refractivity contribution in [2.75, 3.05) is 16.7 Å². The summed E-state index contributed by atoms with van der Waals surface area (Å²) in [6.07, 6.45) is 4.35. The van der Waals surface area contributed by atoms with Crippen molar-refractivity contribution in [2.24, 2.45) is 5.92 Å². The Balaban J connectivity index is 1.47. The summed E-state index contributed by atoms with van der Waals surface area (Å²) in [4.78, 5) is 12.7. The summed E-state index contributed by atoms with van der Waals surface area (Å²) >= 11 is 0. The zero-order chi connectivity index (χ0) is 19.7. The molecule has 2 aliphatic rings. The standard InChI is InChI=1S/C21H25N3O3S/c1-24(17-7-3-2-4-8-17)28(26,27)18-9-5-6-16(14-18)22-21(25)20-13-12-19(23-20)15-10-11-15/h2-9,14-15,19-20,23H,10-13H2,1H3,(H,22,25). The minimum Gasteiger partial charge on any atom is -0.325 e. The van der Waals surface area contributed by atoms with E-state index in [0.717, 1.165) is 18.8 Å². The smallest absolute Gasteiger partial charge is 0.264 e. The summed E-state index contributed by atoms with van der Waals surface area (Å²) in [5, 5.41) is 6.29. The number of anilines is 2. The van der Waals surface area contributed by atoms with Crippen LogP contribution >= 0.6 is 0 Å². The molecule has 6 nitrogen and oxygen atoms in total. The van der Waals surface area contributed by atoms with Gasteiger partial charge in [-0.2, -0.15) is 0 Å². The SMILES string of the molecule is CN(c1ccccc1)S(=O)(=O)c1cccc(NC(=O)C2CCC(C3CC3)N2)c1. The number of sulfonamides is 1. The Hall–Kier alpha value is -2.38. The molecule has 1 heterocycles. The average Bonchev–Trinajstić information content (AvgIpc) is 3.44. The van der Waals surface area contributed by atoms with Crippen molar-refractivity contribution in [3.8, 4) is 0 Å². The minimum atomic E-state index is -3.71. The fourth-order valence-electron chi connectivity index (χ4n) is 3.75. The van der Waals surface area contributed by atoms with Gasteiger partial charge < -0.3 is 10.6 Å². The Morgan fingerprint density at radius 1 is 1.04 bits per heavy atom. The van der Waals surface area contributed by atoms with Gasteiger partial charge in [-0.15, -0.1) is 0 Å². The number of nitrogens with one attached hydrogen (secondary N) is 2. The van der Waals surface area contributed by atoms with Gasteiger partial charge in [0.1, 0.15) is 0 Å². The Bertz CT molecular complexity index is 958. The summed E-state index contributed by atoms with van der Waals surface area (Å²) in [5.74, 6) is 0.619. The highest BCUT2D eigenvalue weighted by Gasteiger charge is 2.38. The molecule has 1 saturated carbocycles. The van der Waals surface area contributed by atoms with E-state index in [1.54, 1.807) is 42.5 Å². The van der Waals surface area contributed by atoms with Crippen LogP contribution in [0.15, 0.2) is 59.5 Å². The molecule has 1 aliphatic heterocycles. The van der Waals surface area contributed by atoms with Gasteiger partial charge in [-0.25, -0.2) is 8.42 Å². The summed E-state index contributed by atoms with van der Waals surface area (Å²) < 4.78 is 27.1. The van der Waals surface area contributed by atoms with Crippen LogP contribution in [0.4, 0.5) is 11.4 Å². The molecule has 0 aromatic heterocycles. The van der Waals surface area contributed by atoms with E-state index >= 15 is 0 Å². The van der Waals surface area contributed by atoms with E-state index in [2.05, 4.69) is 10.6 Å². The lowest BCUT2D eigenvalue weighted by molar-refractivity contribution is -0.117. The van der Waals surface area contributed by atoms with Crippen molar-refractivity contribution in [3.05, 3.63) is 54.6 Å². The maximum Gasteiger partial charge on any atom is 0.264 e. The van der Waals surface area contributed by atoms with E-state index in [0.29, 0.717) is 17.4 Å². The third-order valence-corrected chi connectivity index (χ3v) is 7.35. The van der Waals surface area contributed by atoms with Crippen LogP contribution in [0.3, 0.4) is 0 Å². The van der Waals surface area contributed by atoms with E-state index in [9.17, 15) is 13.2 Å². The Kier molecular flexibility index (Phi) is 5.12. The van der Waals surface area contributed by atoms with Crippen molar-refractivity contribution < 1.29 is 13.2 Å². The first-order valence-corrected chi connectivity index (χ1v) is 11.1. The molecule has 1 saturated heterocycles. The molecule has 2 aromatic carbocycles. The van der Waals surface area contributed by atoms with E-state index in [-0.39, 0.29) is 16.8 Å². The van der Waals surface area contributed by atoms with Crippen LogP contribution in [0.25, 0.3) is 0 Å². The fraction of sp³-hybridized carbons (Fsp3) is 0.381. The second-order valence-electron chi connectivity index (χ2n) is 7.57. The lowest BCUT2D eigenvalue weighted by atomic mass is 10.1. The molecule has 28 heavy (non-hydrogen) atoms. The average molecular weight is 400 g/mol. The zero-order valence-electron chi connectivity index (χ0n) is 15.8. The van der Waals surface area contributed by atoms with Crippen molar-refractivity contribution in [1.82, 2.24) is 5.32 Å². The number of carbonyl (C=O) groups excluding carboxylic acids is 1. The molecule has 0 bridgehead atoms. The first-order valence-electron chi connectivity index (χ1n) is 9.66. The van der Waals surface area contributed by atoms with Gasteiger partial charge in [-0.3, -0.25) is 9.10 Å². The molecule has 2 aromatic rings. The number of hydrogen-bond acceptors (Lipinski definition) is 4. The first-order chi connectivity index (χ1) is 13.4. The number of rotatable bonds is 6. The van der Waals surface area contributed by atoms with Crippen LogP contribution in [0.2, 0.25) is 0 Å². The Morgan fingerprint density at radius 3 is 2.50 bits per heavy atom. The molecule has 0 spiro atoms. The van der Waals surface area contributed by atoms with Crippen molar-refractivity contribution in [1.29, 1.82) is 0 Å². The number of nitrogens with zero attached hydrogens (tertiary/aromatic N) is 1. The van der Waals surface area contributed by atoms with Gasteiger partial charge in [0, 0.05) is 18.8 Å². The zero-order valence-corrected chi connectivity index (χ0v) is 16.7. The maximum absolute atomic E-state index is 13.0. The van der Waals surface area contributed by atoms with Crippen molar-refractivity contribution in [3.63, 3.8) is 0 Å². The highest BCUT2D eigenvalue weighted by molar-refractivity contribution is 7.92. The third kappa shape index (κ3) is 3.91. The molecule has 0 radical (unpaired) electrons. The molecule has 148 valence electrons. The van der Waals surface area contributed by atoms with Crippen LogP contribution in [0.5, 0.6) is 0 Å². The highest BCUT2D eigenvalue weighted by atomic mass is 32.2. The van der Waals surface area contributed by atoms with Crippen LogP contribution in [0, 0.1) is 5.92 Å². The summed E-state index contributed by atoms with van der Waals surface area (Å²) in [6, 6.07) is 15.6. The molecule has 2 unspecified atom stereocenters. The van der Waals surface area contributed by atoms with Crippen molar-refractivity contribution in [2.45, 2.75) is 42.7 Å². The monoisotopic (exact) mass is 399 g/mol. The van der Waals surface area contributed by atoms with E-state index < -0.39 is 10.0 Å². The summed E-state index contributed by atoms with van der Waals surface area (Å²) in [7, 11) is -2.19. The molecule has 2 fully saturated rings. The van der Waals surface area contributed by atoms with Crippen LogP contribution < -0.4 is 14.9 Å². The van der Waals surface area contributed by atoms with Gasteiger partial charge in [0.2, 0.25) is 5.91 Å². The Morgan fingerprint density at radius 2 is 1.79 bits per heavy atom. The predicted molar refractivity (Wildman–Crippen MR) is 110 cm³/mol. The minimum absolute atomic E-state index is 0.103. The molecule has 2 N–H and O–H groups in total. The summed E-state index contributed by atoms with van der Waals surface area (Å²) in [6.45, 7) is 0. The fourth-order valence-corrected chi connectivity index (χ4v) is 4.99. The van der Waals surface area contributed by atoms with Gasteiger partial charge in [0.25, 0.3) is 10.0 Å². The van der Waals surface area contributed by atoms with Crippen LogP contribution in [-0.4, -0.2) is 33.5 Å². The molecule has 2 atom stereocenters. The first kappa shape index (κ1) is 19.0. The largest absolute Gasteiger partial charge is 0.325 e. The Labute approximate surface area is 166 Å². The van der Waals surface area contributed by atoms with Crippen molar-refractivity contribution >= 4 is 27.3 Å². The normalized spacial score (nSPS) is 22.0. The quantitative estimate of drug-likeness (QED) is 0.783. The molecular formula is C21H25N3O3S. The number of para-hydroxylation sites is 1. The number of benzene rings is 2. The predicted octanol–water partition coefficient (Wildman–Crippen LogP) is 2.98. The highest BCUT2D eigenvalue weighted by Crippen LogP contribution is 2.37. The van der Waals surface area contributed by atoms with E-state index in [1.165, 1.54) is 30.3 Å². The number of carbonyl (C=O) groups is 1. The van der Waals surface area contributed by atoms with Gasteiger partial charge in [0.15, 0.2) is 0 Å².